The van der Waals surface area contributed by atoms with Crippen molar-refractivity contribution in [2.75, 3.05) is 5.32 Å². The van der Waals surface area contributed by atoms with Crippen LogP contribution in [0.15, 0.2) is 47.4 Å². The number of aliphatic hydroxyl groups excluding tert-OH is 1. The van der Waals surface area contributed by atoms with Crippen molar-refractivity contribution in [3.05, 3.63) is 48.0 Å². The number of benzene rings is 2. The number of aliphatic hydroxyl groups is 5. The van der Waals surface area contributed by atoms with Gasteiger partial charge in [-0.15, -0.1) is 0 Å². The number of anilines is 1. The topological polar surface area (TPSA) is 200 Å². The van der Waals surface area contributed by atoms with E-state index in [2.05, 4.69) is 5.32 Å². The number of hydrogen-bond acceptors (Lipinski definition) is 10. The van der Waals surface area contributed by atoms with Crippen LogP contribution in [0, 0.1) is 0 Å². The zero-order chi connectivity index (χ0) is 22.0. The lowest BCUT2D eigenvalue weighted by Crippen LogP contribution is -2.62. The number of rotatable bonds is 8. The van der Waals surface area contributed by atoms with Gasteiger partial charge in [0, 0.05) is 5.56 Å². The fourth-order valence-electron chi connectivity index (χ4n) is 2.23. The van der Waals surface area contributed by atoms with Crippen LogP contribution in [0.4, 0.5) is 5.69 Å². The highest BCUT2D eigenvalue weighted by Gasteiger charge is 2.50. The van der Waals surface area contributed by atoms with E-state index in [-0.39, 0.29) is 17.6 Å². The van der Waals surface area contributed by atoms with E-state index in [1.165, 1.54) is 12.1 Å². The number of nitrogens with one attached hydrogen (secondary N) is 1. The van der Waals surface area contributed by atoms with E-state index in [9.17, 15) is 38.7 Å². The molecule has 158 valence electrons. The molecule has 0 aromatic heterocycles. The van der Waals surface area contributed by atoms with E-state index in [1.54, 1.807) is 18.2 Å². The summed E-state index contributed by atoms with van der Waals surface area (Å²) in [5.74, 6) is -7.00. The zero-order valence-corrected chi connectivity index (χ0v) is 15.9. The Balaban J connectivity index is 2.64. The fourth-order valence-corrected chi connectivity index (χ4v) is 2.94. The Morgan fingerprint density at radius 1 is 1.14 bits per heavy atom. The number of para-hydroxylation sites is 1. The summed E-state index contributed by atoms with van der Waals surface area (Å²) in [7, 11) is -4.44. The van der Waals surface area contributed by atoms with Gasteiger partial charge >= 0.3 is 0 Å². The first-order valence-corrected chi connectivity index (χ1v) is 9.55. The van der Waals surface area contributed by atoms with Crippen molar-refractivity contribution < 1.29 is 43.5 Å². The van der Waals surface area contributed by atoms with Gasteiger partial charge in [-0.1, -0.05) is 18.2 Å². The minimum Gasteiger partial charge on any atom is -0.454 e. The van der Waals surface area contributed by atoms with E-state index in [4.69, 9.17) is 9.88 Å². The van der Waals surface area contributed by atoms with Crippen molar-refractivity contribution in [2.45, 2.75) is 29.6 Å². The first-order chi connectivity index (χ1) is 13.3. The minimum atomic E-state index is -4.44. The lowest BCUT2D eigenvalue weighted by atomic mass is 10.1. The Hall–Kier alpha value is -2.58. The van der Waals surface area contributed by atoms with Crippen molar-refractivity contribution in [2.24, 2.45) is 5.14 Å². The lowest BCUT2D eigenvalue weighted by molar-refractivity contribution is -0.372. The summed E-state index contributed by atoms with van der Waals surface area (Å²) in [6.07, 6.45) is -2.18. The largest absolute Gasteiger partial charge is 0.454 e. The van der Waals surface area contributed by atoms with E-state index >= 15 is 0 Å². The van der Waals surface area contributed by atoms with Gasteiger partial charge in [0.25, 0.3) is 5.79 Å². The number of sulfonamides is 1. The number of carbonyl (C=O) groups excluding carboxylic acids is 1. The molecule has 29 heavy (non-hydrogen) atoms. The first kappa shape index (κ1) is 22.7. The quantitative estimate of drug-likeness (QED) is 0.203. The number of primary sulfonamides is 1. The van der Waals surface area contributed by atoms with Gasteiger partial charge < -0.3 is 35.6 Å². The second-order valence-corrected chi connectivity index (χ2v) is 7.80. The van der Waals surface area contributed by atoms with Crippen LogP contribution in [0.1, 0.15) is 17.3 Å². The molecule has 12 heteroatoms. The average molecular weight is 428 g/mol. The third kappa shape index (κ3) is 5.07. The molecule has 1 atom stereocenters. The maximum absolute atomic E-state index is 12.0. The Labute approximate surface area is 165 Å². The summed E-state index contributed by atoms with van der Waals surface area (Å²) in [6, 6.07) is 9.74. The highest BCUT2D eigenvalue weighted by atomic mass is 32.2. The Bertz CT molecular complexity index is 986. The van der Waals surface area contributed by atoms with Gasteiger partial charge in [0.1, 0.15) is 16.9 Å². The lowest BCUT2D eigenvalue weighted by Gasteiger charge is -2.36. The SMILES string of the molecule is CC(O)(O)C(O)(O)C(O)Nc1cc(C=O)cc(S(N)(=O)=O)c1Oc1ccccc1. The Morgan fingerprint density at radius 2 is 1.72 bits per heavy atom. The van der Waals surface area contributed by atoms with Crippen LogP contribution in [0.5, 0.6) is 11.5 Å². The molecular weight excluding hydrogens is 408 g/mol. The molecule has 0 radical (unpaired) electrons. The van der Waals surface area contributed by atoms with Crippen molar-refractivity contribution >= 4 is 22.0 Å². The standard InChI is InChI=1S/C17H20N2O9S/c1-16(22,23)17(24,25)15(21)19-12-7-10(9-20)8-13(29(18,26)27)14(12)28-11-5-3-2-4-6-11/h2-9,15,19,21-25H,1H3,(H2,18,26,27). The van der Waals surface area contributed by atoms with E-state index in [1.807, 2.05) is 0 Å². The first-order valence-electron chi connectivity index (χ1n) is 8.00. The predicted octanol–water partition coefficient (Wildman–Crippen LogP) is -0.949. The summed E-state index contributed by atoms with van der Waals surface area (Å²) in [5.41, 5.74) is -0.604. The van der Waals surface area contributed by atoms with Gasteiger partial charge in [0.15, 0.2) is 12.0 Å². The van der Waals surface area contributed by atoms with Gasteiger partial charge in [-0.2, -0.15) is 0 Å². The molecule has 0 fully saturated rings. The normalized spacial score (nSPS) is 13.6. The third-order valence-electron chi connectivity index (χ3n) is 3.85. The van der Waals surface area contributed by atoms with Gasteiger partial charge in [0.05, 0.1) is 5.69 Å². The summed E-state index contributed by atoms with van der Waals surface area (Å²) in [6.45, 7) is 0.594. The molecule has 0 heterocycles. The van der Waals surface area contributed by atoms with Gasteiger partial charge in [-0.05, 0) is 31.2 Å². The van der Waals surface area contributed by atoms with Gasteiger partial charge in [-0.3, -0.25) is 4.79 Å². The summed E-state index contributed by atoms with van der Waals surface area (Å²) in [5, 5.41) is 55.8. The summed E-state index contributed by atoms with van der Waals surface area (Å²) in [4.78, 5) is 10.6. The van der Waals surface area contributed by atoms with E-state index < -0.39 is 44.2 Å². The molecule has 2 rings (SSSR count). The van der Waals surface area contributed by atoms with Crippen LogP contribution in [0.2, 0.25) is 0 Å². The molecule has 0 aliphatic heterocycles. The molecule has 2 aromatic carbocycles. The third-order valence-corrected chi connectivity index (χ3v) is 4.77. The number of carbonyl (C=O) groups is 1. The van der Waals surface area contributed by atoms with Crippen molar-refractivity contribution in [1.82, 2.24) is 0 Å². The van der Waals surface area contributed by atoms with Crippen molar-refractivity contribution in [3.8, 4) is 11.5 Å². The molecule has 11 nitrogen and oxygen atoms in total. The molecular formula is C17H20N2O9S. The number of hydrogen-bond donors (Lipinski definition) is 7. The van der Waals surface area contributed by atoms with Crippen LogP contribution >= 0.6 is 0 Å². The monoisotopic (exact) mass is 428 g/mol. The van der Waals surface area contributed by atoms with Crippen molar-refractivity contribution in [3.63, 3.8) is 0 Å². The Kier molecular flexibility index (Phi) is 6.30. The number of aldehydes is 1. The molecule has 0 aliphatic rings. The predicted molar refractivity (Wildman–Crippen MR) is 99.4 cm³/mol. The number of ether oxygens (including phenoxy) is 1. The molecule has 8 N–H and O–H groups in total. The molecule has 2 aromatic rings. The van der Waals surface area contributed by atoms with Crippen LogP contribution < -0.4 is 15.2 Å². The summed E-state index contributed by atoms with van der Waals surface area (Å²) < 4.78 is 29.6. The maximum Gasteiger partial charge on any atom is 0.264 e. The molecule has 0 saturated carbocycles. The highest BCUT2D eigenvalue weighted by molar-refractivity contribution is 7.89. The second-order valence-electron chi connectivity index (χ2n) is 6.27. The zero-order valence-electron chi connectivity index (χ0n) is 15.1. The average Bonchev–Trinajstić information content (AvgIpc) is 2.61. The van der Waals surface area contributed by atoms with Crippen molar-refractivity contribution in [1.29, 1.82) is 0 Å². The minimum absolute atomic E-state index is 0.155. The molecule has 0 amide bonds. The van der Waals surface area contributed by atoms with Gasteiger partial charge in [0.2, 0.25) is 15.8 Å². The maximum atomic E-state index is 12.0. The molecule has 0 spiro atoms. The molecule has 1 unspecified atom stereocenters. The smallest absolute Gasteiger partial charge is 0.264 e. The van der Waals surface area contributed by atoms with Gasteiger partial charge in [-0.25, -0.2) is 13.6 Å². The molecule has 0 aliphatic carbocycles. The molecule has 0 bridgehead atoms. The second kappa shape index (κ2) is 8.04. The van der Waals surface area contributed by atoms with Crippen LogP contribution in [-0.4, -0.2) is 58.0 Å². The van der Waals surface area contributed by atoms with Crippen LogP contribution in [0.3, 0.4) is 0 Å². The molecule has 0 saturated heterocycles. The highest BCUT2D eigenvalue weighted by Crippen LogP contribution is 2.38. The number of nitrogens with two attached hydrogens (primary N) is 1. The summed E-state index contributed by atoms with van der Waals surface area (Å²) >= 11 is 0. The van der Waals surface area contributed by atoms with Crippen LogP contribution in [-0.2, 0) is 10.0 Å². The van der Waals surface area contributed by atoms with E-state index in [0.717, 1.165) is 12.1 Å². The fraction of sp³-hybridized carbons (Fsp3) is 0.235. The van der Waals surface area contributed by atoms with Crippen LogP contribution in [0.25, 0.3) is 0 Å². The van der Waals surface area contributed by atoms with E-state index in [0.29, 0.717) is 6.92 Å². The Morgan fingerprint density at radius 3 is 2.21 bits per heavy atom.